The molecule has 1 saturated heterocycles. The van der Waals surface area contributed by atoms with Crippen LogP contribution in [0.1, 0.15) is 26.7 Å². The van der Waals surface area contributed by atoms with Crippen LogP contribution in [-0.4, -0.2) is 49.1 Å². The number of nitrogens with one attached hydrogen (secondary N) is 2. The van der Waals surface area contributed by atoms with Gasteiger partial charge in [-0.25, -0.2) is 4.79 Å². The fourth-order valence-electron chi connectivity index (χ4n) is 2.16. The van der Waals surface area contributed by atoms with Crippen LogP contribution in [0.2, 0.25) is 0 Å². The monoisotopic (exact) mass is 292 g/mol. The van der Waals surface area contributed by atoms with Crippen molar-refractivity contribution in [3.8, 4) is 0 Å². The molecule has 0 aliphatic carbocycles. The normalized spacial score (nSPS) is 18.3. The van der Waals surface area contributed by atoms with Gasteiger partial charge < -0.3 is 11.1 Å². The lowest BCUT2D eigenvalue weighted by molar-refractivity contribution is -0.125. The van der Waals surface area contributed by atoms with E-state index in [4.69, 9.17) is 5.73 Å². The molecule has 3 amide bonds. The number of nitrogens with zero attached hydrogens (tertiary/aromatic N) is 1. The number of imide groups is 1. The first kappa shape index (κ1) is 18.1. The molecule has 0 bridgehead atoms. The maximum absolute atomic E-state index is 11.8. The van der Waals surface area contributed by atoms with Crippen LogP contribution in [-0.2, 0) is 4.79 Å². The van der Waals surface area contributed by atoms with Gasteiger partial charge in [0, 0.05) is 6.54 Å². The number of urea groups is 1. The molecule has 0 aromatic heterocycles. The number of nitrogens with two attached hydrogens (primary N) is 1. The number of carbonyl (C=O) groups is 2. The van der Waals surface area contributed by atoms with E-state index in [-0.39, 0.29) is 24.4 Å². The smallest absolute Gasteiger partial charge is 0.321 e. The highest BCUT2D eigenvalue weighted by molar-refractivity contribution is 5.96. The molecule has 7 heteroatoms. The van der Waals surface area contributed by atoms with Crippen molar-refractivity contribution in [2.75, 3.05) is 26.2 Å². The molecule has 19 heavy (non-hydrogen) atoms. The van der Waals surface area contributed by atoms with Gasteiger partial charge in [0.15, 0.2) is 0 Å². The molecule has 0 radical (unpaired) electrons. The van der Waals surface area contributed by atoms with E-state index in [1.807, 2.05) is 13.8 Å². The molecule has 0 spiro atoms. The SMILES string of the molecule is CCNC(=O)NC(=O)C(C)N1CCC(CN)CC1.Cl. The fourth-order valence-corrected chi connectivity index (χ4v) is 2.16. The zero-order valence-corrected chi connectivity index (χ0v) is 12.5. The molecule has 1 atom stereocenters. The Kier molecular flexibility index (Phi) is 8.71. The van der Waals surface area contributed by atoms with Crippen LogP contribution in [0.25, 0.3) is 0 Å². The summed E-state index contributed by atoms with van der Waals surface area (Å²) in [5.41, 5.74) is 5.63. The first-order valence-electron chi connectivity index (χ1n) is 6.61. The van der Waals surface area contributed by atoms with Gasteiger partial charge in [-0.05, 0) is 52.2 Å². The van der Waals surface area contributed by atoms with E-state index in [1.165, 1.54) is 0 Å². The minimum atomic E-state index is -0.425. The molecule has 0 saturated carbocycles. The van der Waals surface area contributed by atoms with E-state index in [0.717, 1.165) is 25.9 Å². The third kappa shape index (κ3) is 5.76. The second kappa shape index (κ2) is 9.12. The number of hydrogen-bond acceptors (Lipinski definition) is 4. The lowest BCUT2D eigenvalue weighted by Crippen LogP contribution is -2.51. The molecule has 6 nitrogen and oxygen atoms in total. The van der Waals surface area contributed by atoms with Crippen molar-refractivity contribution in [2.24, 2.45) is 11.7 Å². The van der Waals surface area contributed by atoms with Crippen LogP contribution in [0.15, 0.2) is 0 Å². The molecule has 4 N–H and O–H groups in total. The predicted molar refractivity (Wildman–Crippen MR) is 77.3 cm³/mol. The minimum Gasteiger partial charge on any atom is -0.338 e. The van der Waals surface area contributed by atoms with E-state index in [9.17, 15) is 9.59 Å². The molecule has 1 aliphatic heterocycles. The Morgan fingerprint density at radius 2 is 1.95 bits per heavy atom. The minimum absolute atomic E-state index is 0. The first-order chi connectivity index (χ1) is 8.58. The Morgan fingerprint density at radius 1 is 1.37 bits per heavy atom. The van der Waals surface area contributed by atoms with Gasteiger partial charge in [-0.1, -0.05) is 0 Å². The average Bonchev–Trinajstić information content (AvgIpc) is 2.38. The lowest BCUT2D eigenvalue weighted by Gasteiger charge is -2.34. The summed E-state index contributed by atoms with van der Waals surface area (Å²) in [4.78, 5) is 25.2. The number of piperidine rings is 1. The molecule has 1 fully saturated rings. The summed E-state index contributed by atoms with van der Waals surface area (Å²) in [5, 5.41) is 4.89. The molecule has 0 aromatic rings. The molecule has 112 valence electrons. The topological polar surface area (TPSA) is 87.5 Å². The van der Waals surface area contributed by atoms with Gasteiger partial charge in [-0.3, -0.25) is 15.0 Å². The van der Waals surface area contributed by atoms with Crippen molar-refractivity contribution in [1.82, 2.24) is 15.5 Å². The van der Waals surface area contributed by atoms with Crippen molar-refractivity contribution in [3.05, 3.63) is 0 Å². The maximum Gasteiger partial charge on any atom is 0.321 e. The Bertz CT molecular complexity index is 293. The zero-order valence-electron chi connectivity index (χ0n) is 11.6. The molecular formula is C12H25ClN4O2. The molecule has 1 unspecified atom stereocenters. The summed E-state index contributed by atoms with van der Waals surface area (Å²) >= 11 is 0. The van der Waals surface area contributed by atoms with Crippen LogP contribution >= 0.6 is 12.4 Å². The van der Waals surface area contributed by atoms with Crippen LogP contribution < -0.4 is 16.4 Å². The second-order valence-corrected chi connectivity index (χ2v) is 4.74. The van der Waals surface area contributed by atoms with Gasteiger partial charge in [-0.2, -0.15) is 0 Å². The van der Waals surface area contributed by atoms with Gasteiger partial charge in [0.25, 0.3) is 0 Å². The number of rotatable bonds is 4. The highest BCUT2D eigenvalue weighted by Gasteiger charge is 2.26. The molecule has 1 heterocycles. The predicted octanol–water partition coefficient (Wildman–Crippen LogP) is 0.313. The van der Waals surface area contributed by atoms with E-state index < -0.39 is 6.03 Å². The Labute approximate surface area is 120 Å². The Morgan fingerprint density at radius 3 is 2.42 bits per heavy atom. The van der Waals surface area contributed by atoms with Gasteiger partial charge in [0.1, 0.15) is 0 Å². The molecular weight excluding hydrogens is 268 g/mol. The Hall–Kier alpha value is -0.850. The average molecular weight is 293 g/mol. The lowest BCUT2D eigenvalue weighted by atomic mass is 9.96. The van der Waals surface area contributed by atoms with E-state index in [2.05, 4.69) is 15.5 Å². The summed E-state index contributed by atoms with van der Waals surface area (Å²) in [6.45, 7) is 6.60. The summed E-state index contributed by atoms with van der Waals surface area (Å²) in [7, 11) is 0. The number of carbonyl (C=O) groups excluding carboxylic acids is 2. The summed E-state index contributed by atoms with van der Waals surface area (Å²) < 4.78 is 0. The Balaban J connectivity index is 0.00000324. The van der Waals surface area contributed by atoms with Gasteiger partial charge in [0.2, 0.25) is 5.91 Å². The van der Waals surface area contributed by atoms with E-state index >= 15 is 0 Å². The number of amides is 3. The molecule has 1 aliphatic rings. The highest BCUT2D eigenvalue weighted by atomic mass is 35.5. The van der Waals surface area contributed by atoms with Crippen molar-refractivity contribution in [2.45, 2.75) is 32.7 Å². The van der Waals surface area contributed by atoms with Crippen LogP contribution in [0, 0.1) is 5.92 Å². The van der Waals surface area contributed by atoms with Crippen molar-refractivity contribution in [1.29, 1.82) is 0 Å². The van der Waals surface area contributed by atoms with Crippen LogP contribution in [0.4, 0.5) is 4.79 Å². The molecule has 0 aromatic carbocycles. The third-order valence-corrected chi connectivity index (χ3v) is 3.48. The van der Waals surface area contributed by atoms with Gasteiger partial charge in [-0.15, -0.1) is 12.4 Å². The largest absolute Gasteiger partial charge is 0.338 e. The zero-order chi connectivity index (χ0) is 13.5. The highest BCUT2D eigenvalue weighted by Crippen LogP contribution is 2.17. The molecule has 1 rings (SSSR count). The van der Waals surface area contributed by atoms with Crippen LogP contribution in [0.3, 0.4) is 0 Å². The van der Waals surface area contributed by atoms with Crippen molar-refractivity contribution in [3.63, 3.8) is 0 Å². The third-order valence-electron chi connectivity index (χ3n) is 3.48. The van der Waals surface area contributed by atoms with Gasteiger partial charge >= 0.3 is 6.03 Å². The van der Waals surface area contributed by atoms with E-state index in [1.54, 1.807) is 0 Å². The van der Waals surface area contributed by atoms with E-state index in [0.29, 0.717) is 19.0 Å². The van der Waals surface area contributed by atoms with Gasteiger partial charge in [0.05, 0.1) is 6.04 Å². The van der Waals surface area contributed by atoms with Crippen molar-refractivity contribution >= 4 is 24.3 Å². The summed E-state index contributed by atoms with van der Waals surface area (Å²) in [6, 6.07) is -0.697. The summed E-state index contributed by atoms with van der Waals surface area (Å²) in [5.74, 6) is 0.326. The number of likely N-dealkylation sites (tertiary alicyclic amines) is 1. The number of halogens is 1. The standard InChI is InChI=1S/C12H24N4O2.ClH/c1-3-14-12(18)15-11(17)9(2)16-6-4-10(8-13)5-7-16;/h9-10H,3-8,13H2,1-2H3,(H2,14,15,17,18);1H. The van der Waals surface area contributed by atoms with Crippen LogP contribution in [0.5, 0.6) is 0 Å². The quantitative estimate of drug-likeness (QED) is 0.696. The summed E-state index contributed by atoms with van der Waals surface area (Å²) in [6.07, 6.45) is 2.05. The second-order valence-electron chi connectivity index (χ2n) is 4.74. The first-order valence-corrected chi connectivity index (χ1v) is 6.61. The number of hydrogen-bond donors (Lipinski definition) is 3. The fraction of sp³-hybridized carbons (Fsp3) is 0.833. The van der Waals surface area contributed by atoms with Crippen molar-refractivity contribution < 1.29 is 9.59 Å². The maximum atomic E-state index is 11.8.